The van der Waals surface area contributed by atoms with Crippen molar-refractivity contribution in [2.75, 3.05) is 0 Å². The van der Waals surface area contributed by atoms with Gasteiger partial charge in [0.2, 0.25) is 0 Å². The molecule has 2 heteroatoms. The molecule has 0 aromatic heterocycles. The first-order valence-corrected chi connectivity index (χ1v) is 3.79. The van der Waals surface area contributed by atoms with Crippen LogP contribution in [0.5, 0.6) is 0 Å². The number of benzene rings is 1. The van der Waals surface area contributed by atoms with Crippen LogP contribution >= 0.6 is 0 Å². The molecule has 1 aliphatic carbocycles. The first-order chi connectivity index (χ1) is 5.29. The molecule has 0 amide bonds. The molecule has 0 unspecified atom stereocenters. The van der Waals surface area contributed by atoms with Gasteiger partial charge in [0, 0.05) is 12.0 Å². The quantitative estimate of drug-likeness (QED) is 0.648. The molecule has 1 aromatic carbocycles. The zero-order chi connectivity index (χ0) is 7.84. The second-order valence-corrected chi connectivity index (χ2v) is 3.03. The van der Waals surface area contributed by atoms with Gasteiger partial charge in [-0.05, 0) is 18.1 Å². The minimum Gasteiger partial charge on any atom is -0.327 e. The Morgan fingerprint density at radius 2 is 2.00 bits per heavy atom. The van der Waals surface area contributed by atoms with Crippen LogP contribution in [0.2, 0.25) is 0 Å². The average molecular weight is 151 g/mol. The molecule has 1 aromatic rings. The van der Waals surface area contributed by atoms with E-state index in [1.54, 1.807) is 6.07 Å². The summed E-state index contributed by atoms with van der Waals surface area (Å²) in [5, 5.41) is 0. The Bertz CT molecular complexity index is 272. The molecule has 2 rings (SSSR count). The number of hydrogen-bond acceptors (Lipinski definition) is 1. The van der Waals surface area contributed by atoms with Crippen LogP contribution in [-0.2, 0) is 0 Å². The molecule has 0 bridgehead atoms. The largest absolute Gasteiger partial charge is 0.327 e. The molecule has 1 nitrogen and oxygen atoms in total. The molecular formula is C9H10FN. The Morgan fingerprint density at radius 3 is 2.55 bits per heavy atom. The van der Waals surface area contributed by atoms with Crippen LogP contribution in [0.15, 0.2) is 24.3 Å². The first-order valence-electron chi connectivity index (χ1n) is 3.79. The molecule has 1 aliphatic rings. The topological polar surface area (TPSA) is 26.0 Å². The third-order valence-corrected chi connectivity index (χ3v) is 2.14. The summed E-state index contributed by atoms with van der Waals surface area (Å²) in [6, 6.07) is 7.04. The summed E-state index contributed by atoms with van der Waals surface area (Å²) in [4.78, 5) is 0. The maximum atomic E-state index is 13.0. The highest BCUT2D eigenvalue weighted by Gasteiger charge is 2.36. The van der Waals surface area contributed by atoms with Gasteiger partial charge < -0.3 is 5.73 Å². The van der Waals surface area contributed by atoms with Crippen molar-refractivity contribution in [3.05, 3.63) is 35.6 Å². The van der Waals surface area contributed by atoms with E-state index < -0.39 is 0 Å². The second kappa shape index (κ2) is 2.31. The highest BCUT2D eigenvalue weighted by molar-refractivity contribution is 5.28. The van der Waals surface area contributed by atoms with Gasteiger partial charge in [0.05, 0.1) is 0 Å². The van der Waals surface area contributed by atoms with Crippen LogP contribution in [0.1, 0.15) is 17.9 Å². The van der Waals surface area contributed by atoms with Crippen LogP contribution < -0.4 is 5.73 Å². The minimum absolute atomic E-state index is 0.120. The zero-order valence-electron chi connectivity index (χ0n) is 6.13. The standard InChI is InChI=1S/C9H10FN/c10-8-4-2-1-3-6(8)7-5-9(7)11/h1-4,7,9H,5,11H2/t7-,9+/m0/s1. The lowest BCUT2D eigenvalue weighted by molar-refractivity contribution is 0.609. The van der Waals surface area contributed by atoms with Crippen LogP contribution in [0.3, 0.4) is 0 Å². The first kappa shape index (κ1) is 6.80. The average Bonchev–Trinajstić information content (AvgIpc) is 2.68. The van der Waals surface area contributed by atoms with Crippen LogP contribution in [0.4, 0.5) is 4.39 Å². The van der Waals surface area contributed by atoms with Crippen LogP contribution in [-0.4, -0.2) is 6.04 Å². The summed E-state index contributed by atoms with van der Waals surface area (Å²) in [5.41, 5.74) is 6.38. The predicted molar refractivity (Wildman–Crippen MR) is 41.7 cm³/mol. The molecule has 0 aliphatic heterocycles. The summed E-state index contributed by atoms with van der Waals surface area (Å²) in [6.07, 6.45) is 0.931. The number of halogens is 1. The summed E-state index contributed by atoms with van der Waals surface area (Å²) in [5.74, 6) is 0.154. The predicted octanol–water partition coefficient (Wildman–Crippen LogP) is 1.64. The molecule has 0 saturated heterocycles. The lowest BCUT2D eigenvalue weighted by Crippen LogP contribution is -2.01. The van der Waals surface area contributed by atoms with Gasteiger partial charge in [-0.3, -0.25) is 0 Å². The van der Waals surface area contributed by atoms with Gasteiger partial charge in [-0.15, -0.1) is 0 Å². The van der Waals surface area contributed by atoms with E-state index in [9.17, 15) is 4.39 Å². The van der Waals surface area contributed by atoms with Gasteiger partial charge in [0.25, 0.3) is 0 Å². The maximum Gasteiger partial charge on any atom is 0.126 e. The molecule has 2 atom stereocenters. The van der Waals surface area contributed by atoms with Gasteiger partial charge >= 0.3 is 0 Å². The van der Waals surface area contributed by atoms with Gasteiger partial charge in [-0.2, -0.15) is 0 Å². The van der Waals surface area contributed by atoms with Crippen molar-refractivity contribution >= 4 is 0 Å². The molecule has 2 N–H and O–H groups in total. The normalized spacial score (nSPS) is 28.5. The Hall–Kier alpha value is -0.890. The van der Waals surface area contributed by atoms with E-state index in [1.165, 1.54) is 6.07 Å². The fourth-order valence-electron chi connectivity index (χ4n) is 1.35. The fourth-order valence-corrected chi connectivity index (χ4v) is 1.35. The maximum absolute atomic E-state index is 13.0. The summed E-state index contributed by atoms with van der Waals surface area (Å²) in [7, 11) is 0. The van der Waals surface area contributed by atoms with Crippen LogP contribution in [0.25, 0.3) is 0 Å². The van der Waals surface area contributed by atoms with E-state index in [-0.39, 0.29) is 17.8 Å². The van der Waals surface area contributed by atoms with E-state index in [1.807, 2.05) is 12.1 Å². The SMILES string of the molecule is N[C@@H]1C[C@H]1c1ccccc1F. The summed E-state index contributed by atoms with van der Waals surface area (Å²) >= 11 is 0. The fraction of sp³-hybridized carbons (Fsp3) is 0.333. The molecule has 0 spiro atoms. The van der Waals surface area contributed by atoms with E-state index in [0.717, 1.165) is 12.0 Å². The van der Waals surface area contributed by atoms with E-state index in [0.29, 0.717) is 0 Å². The highest BCUT2D eigenvalue weighted by Crippen LogP contribution is 2.39. The van der Waals surface area contributed by atoms with E-state index >= 15 is 0 Å². The molecule has 58 valence electrons. The minimum atomic E-state index is -0.120. The second-order valence-electron chi connectivity index (χ2n) is 3.03. The zero-order valence-corrected chi connectivity index (χ0v) is 6.13. The number of hydrogen-bond donors (Lipinski definition) is 1. The lowest BCUT2D eigenvalue weighted by Gasteiger charge is -1.98. The van der Waals surface area contributed by atoms with Gasteiger partial charge in [0.1, 0.15) is 5.82 Å². The van der Waals surface area contributed by atoms with Crippen molar-refractivity contribution < 1.29 is 4.39 Å². The van der Waals surface area contributed by atoms with Crippen LogP contribution in [0, 0.1) is 5.82 Å². The van der Waals surface area contributed by atoms with Gasteiger partial charge in [-0.1, -0.05) is 18.2 Å². The van der Waals surface area contributed by atoms with Gasteiger partial charge in [-0.25, -0.2) is 4.39 Å². The van der Waals surface area contributed by atoms with Crippen molar-refractivity contribution in [2.24, 2.45) is 5.73 Å². The lowest BCUT2D eigenvalue weighted by atomic mass is 10.1. The van der Waals surface area contributed by atoms with Crippen molar-refractivity contribution in [3.8, 4) is 0 Å². The summed E-state index contributed by atoms with van der Waals surface area (Å²) < 4.78 is 13.0. The number of nitrogens with two attached hydrogens (primary N) is 1. The monoisotopic (exact) mass is 151 g/mol. The Morgan fingerprint density at radius 1 is 1.36 bits per heavy atom. The van der Waals surface area contributed by atoms with E-state index in [4.69, 9.17) is 5.73 Å². The molecule has 11 heavy (non-hydrogen) atoms. The Kier molecular flexibility index (Phi) is 1.43. The smallest absolute Gasteiger partial charge is 0.126 e. The number of rotatable bonds is 1. The Labute approximate surface area is 65.0 Å². The molecule has 1 fully saturated rings. The van der Waals surface area contributed by atoms with E-state index in [2.05, 4.69) is 0 Å². The molecule has 0 radical (unpaired) electrons. The summed E-state index contributed by atoms with van der Waals surface area (Å²) in [6.45, 7) is 0. The molecule has 0 heterocycles. The van der Waals surface area contributed by atoms with Crippen molar-refractivity contribution in [2.45, 2.75) is 18.4 Å². The molecular weight excluding hydrogens is 141 g/mol. The molecule has 1 saturated carbocycles. The van der Waals surface area contributed by atoms with Crippen molar-refractivity contribution in [1.82, 2.24) is 0 Å². The highest BCUT2D eigenvalue weighted by atomic mass is 19.1. The van der Waals surface area contributed by atoms with Crippen molar-refractivity contribution in [1.29, 1.82) is 0 Å². The third-order valence-electron chi connectivity index (χ3n) is 2.14. The Balaban J connectivity index is 2.31. The van der Waals surface area contributed by atoms with Gasteiger partial charge in [0.15, 0.2) is 0 Å². The third kappa shape index (κ3) is 1.14. The van der Waals surface area contributed by atoms with Crippen molar-refractivity contribution in [3.63, 3.8) is 0 Å².